The maximum atomic E-state index is 11.3. The van der Waals surface area contributed by atoms with Crippen molar-refractivity contribution >= 4 is 17.9 Å². The van der Waals surface area contributed by atoms with Gasteiger partial charge in [0.25, 0.3) is 0 Å². The topological polar surface area (TPSA) is 108 Å². The number of rotatable bonds is 4. The number of carboxylic acid groups (broad SMARTS) is 1. The van der Waals surface area contributed by atoms with E-state index in [1.807, 2.05) is 0 Å². The second-order valence-corrected chi connectivity index (χ2v) is 4.69. The second kappa shape index (κ2) is 6.19. The highest BCUT2D eigenvalue weighted by molar-refractivity contribution is 5.95. The van der Waals surface area contributed by atoms with Crippen molar-refractivity contribution < 1.29 is 19.5 Å². The Morgan fingerprint density at radius 1 is 1.24 bits per heavy atom. The lowest BCUT2D eigenvalue weighted by Crippen LogP contribution is -2.50. The van der Waals surface area contributed by atoms with E-state index in [1.165, 1.54) is 6.92 Å². The third-order valence-corrected chi connectivity index (χ3v) is 1.68. The van der Waals surface area contributed by atoms with Gasteiger partial charge in [-0.25, -0.2) is 4.79 Å². The summed E-state index contributed by atoms with van der Waals surface area (Å²) in [5, 5.41) is 15.6. The first-order chi connectivity index (χ1) is 7.61. The summed E-state index contributed by atoms with van der Waals surface area (Å²) in [4.78, 5) is 32.9. The van der Waals surface area contributed by atoms with Crippen LogP contribution in [0, 0.1) is 0 Å². The molecular weight excluding hydrogens is 226 g/mol. The number of urea groups is 1. The molecule has 0 aromatic heterocycles. The lowest BCUT2D eigenvalue weighted by atomic mass is 10.1. The number of imide groups is 1. The normalized spacial score (nSPS) is 12.7. The van der Waals surface area contributed by atoms with Crippen molar-refractivity contribution in [1.82, 2.24) is 16.0 Å². The maximum absolute atomic E-state index is 11.3. The summed E-state index contributed by atoms with van der Waals surface area (Å²) in [5.74, 6) is -1.64. The highest BCUT2D eigenvalue weighted by Crippen LogP contribution is 1.97. The standard InChI is InChI=1S/C10H19N3O4/c1-6(8(15)16)11-5-7(14)12-9(17)13-10(2,3)4/h6,11H,5H2,1-4H3,(H,15,16)(H2,12,13,14,17). The number of carboxylic acids is 1. The largest absolute Gasteiger partial charge is 0.480 e. The van der Waals surface area contributed by atoms with Gasteiger partial charge in [-0.3, -0.25) is 20.2 Å². The van der Waals surface area contributed by atoms with Gasteiger partial charge in [0.15, 0.2) is 0 Å². The molecule has 17 heavy (non-hydrogen) atoms. The molecule has 0 aromatic carbocycles. The summed E-state index contributed by atoms with van der Waals surface area (Å²) < 4.78 is 0. The lowest BCUT2D eigenvalue weighted by Gasteiger charge is -2.20. The van der Waals surface area contributed by atoms with Gasteiger partial charge in [-0.05, 0) is 27.7 Å². The Morgan fingerprint density at radius 2 is 1.76 bits per heavy atom. The number of amides is 3. The average molecular weight is 245 g/mol. The molecule has 0 fully saturated rings. The Kier molecular flexibility index (Phi) is 5.60. The number of carbonyl (C=O) groups excluding carboxylic acids is 2. The van der Waals surface area contributed by atoms with Crippen LogP contribution in [0.5, 0.6) is 0 Å². The van der Waals surface area contributed by atoms with E-state index < -0.39 is 29.5 Å². The van der Waals surface area contributed by atoms with Gasteiger partial charge >= 0.3 is 12.0 Å². The second-order valence-electron chi connectivity index (χ2n) is 4.69. The van der Waals surface area contributed by atoms with E-state index >= 15 is 0 Å². The van der Waals surface area contributed by atoms with Crippen molar-refractivity contribution in [2.24, 2.45) is 0 Å². The maximum Gasteiger partial charge on any atom is 0.321 e. The van der Waals surface area contributed by atoms with Crippen molar-refractivity contribution in [2.75, 3.05) is 6.54 Å². The number of aliphatic carboxylic acids is 1. The van der Waals surface area contributed by atoms with Gasteiger partial charge in [0.2, 0.25) is 5.91 Å². The molecule has 0 radical (unpaired) electrons. The van der Waals surface area contributed by atoms with Crippen LogP contribution in [0.15, 0.2) is 0 Å². The van der Waals surface area contributed by atoms with Crippen LogP contribution in [0.1, 0.15) is 27.7 Å². The summed E-state index contributed by atoms with van der Waals surface area (Å²) in [6.45, 7) is 6.52. The molecule has 0 bridgehead atoms. The summed E-state index contributed by atoms with van der Waals surface area (Å²) >= 11 is 0. The van der Waals surface area contributed by atoms with Gasteiger partial charge in [0.1, 0.15) is 6.04 Å². The predicted molar refractivity (Wildman–Crippen MR) is 61.5 cm³/mol. The number of carbonyl (C=O) groups is 3. The summed E-state index contributed by atoms with van der Waals surface area (Å²) in [7, 11) is 0. The summed E-state index contributed by atoms with van der Waals surface area (Å²) in [5.41, 5.74) is -0.438. The fraction of sp³-hybridized carbons (Fsp3) is 0.700. The molecule has 0 spiro atoms. The fourth-order valence-electron chi connectivity index (χ4n) is 0.876. The van der Waals surface area contributed by atoms with E-state index in [9.17, 15) is 14.4 Å². The van der Waals surface area contributed by atoms with Gasteiger partial charge in [0.05, 0.1) is 6.54 Å². The lowest BCUT2D eigenvalue weighted by molar-refractivity contribution is -0.139. The van der Waals surface area contributed by atoms with Crippen molar-refractivity contribution in [3.05, 3.63) is 0 Å². The van der Waals surface area contributed by atoms with Crippen molar-refractivity contribution in [3.8, 4) is 0 Å². The minimum Gasteiger partial charge on any atom is -0.480 e. The molecule has 1 unspecified atom stereocenters. The Hall–Kier alpha value is -1.63. The summed E-state index contributed by atoms with van der Waals surface area (Å²) in [6, 6.07) is -1.45. The van der Waals surface area contributed by atoms with Gasteiger partial charge < -0.3 is 10.4 Å². The quantitative estimate of drug-likeness (QED) is 0.542. The highest BCUT2D eigenvalue weighted by atomic mass is 16.4. The highest BCUT2D eigenvalue weighted by Gasteiger charge is 2.16. The molecule has 7 heteroatoms. The molecule has 3 amide bonds. The molecule has 0 aliphatic rings. The third kappa shape index (κ3) is 8.21. The number of hydrogen-bond acceptors (Lipinski definition) is 4. The fourth-order valence-corrected chi connectivity index (χ4v) is 0.876. The molecule has 1 atom stereocenters. The molecule has 98 valence electrons. The van der Waals surface area contributed by atoms with Gasteiger partial charge in [-0.1, -0.05) is 0 Å². The van der Waals surface area contributed by atoms with Crippen LogP contribution in [0.3, 0.4) is 0 Å². The van der Waals surface area contributed by atoms with Crippen LogP contribution in [-0.4, -0.2) is 41.1 Å². The molecule has 0 aliphatic heterocycles. The first kappa shape index (κ1) is 15.4. The van der Waals surface area contributed by atoms with Crippen molar-refractivity contribution in [2.45, 2.75) is 39.3 Å². The van der Waals surface area contributed by atoms with Crippen LogP contribution in [0.2, 0.25) is 0 Å². The van der Waals surface area contributed by atoms with Crippen molar-refractivity contribution in [1.29, 1.82) is 0 Å². The Bertz CT molecular complexity index is 309. The number of hydrogen-bond donors (Lipinski definition) is 4. The van der Waals surface area contributed by atoms with Crippen LogP contribution < -0.4 is 16.0 Å². The predicted octanol–water partition coefficient (Wildman–Crippen LogP) is -0.327. The van der Waals surface area contributed by atoms with Crippen LogP contribution in [0.25, 0.3) is 0 Å². The minimum atomic E-state index is -1.06. The molecular formula is C10H19N3O4. The molecule has 0 saturated carbocycles. The molecule has 7 nitrogen and oxygen atoms in total. The third-order valence-electron chi connectivity index (χ3n) is 1.68. The van der Waals surface area contributed by atoms with E-state index in [-0.39, 0.29) is 6.54 Å². The molecule has 0 saturated heterocycles. The van der Waals surface area contributed by atoms with Crippen LogP contribution in [-0.2, 0) is 9.59 Å². The Labute approximate surface area is 100.0 Å². The molecule has 0 aromatic rings. The zero-order valence-corrected chi connectivity index (χ0v) is 10.5. The van der Waals surface area contributed by atoms with E-state index in [0.717, 1.165) is 0 Å². The van der Waals surface area contributed by atoms with E-state index in [1.54, 1.807) is 20.8 Å². The van der Waals surface area contributed by atoms with E-state index in [4.69, 9.17) is 5.11 Å². The number of nitrogens with one attached hydrogen (secondary N) is 3. The van der Waals surface area contributed by atoms with Gasteiger partial charge in [-0.2, -0.15) is 0 Å². The van der Waals surface area contributed by atoms with E-state index in [0.29, 0.717) is 0 Å². The first-order valence-electron chi connectivity index (χ1n) is 5.20. The SMILES string of the molecule is CC(NCC(=O)NC(=O)NC(C)(C)C)C(=O)O. The van der Waals surface area contributed by atoms with E-state index in [2.05, 4.69) is 16.0 Å². The van der Waals surface area contributed by atoms with Crippen molar-refractivity contribution in [3.63, 3.8) is 0 Å². The molecule has 0 rings (SSSR count). The molecule has 0 aliphatic carbocycles. The van der Waals surface area contributed by atoms with Crippen LogP contribution in [0.4, 0.5) is 4.79 Å². The Morgan fingerprint density at radius 3 is 2.18 bits per heavy atom. The zero-order valence-electron chi connectivity index (χ0n) is 10.5. The monoisotopic (exact) mass is 245 g/mol. The zero-order chi connectivity index (χ0) is 13.6. The first-order valence-corrected chi connectivity index (χ1v) is 5.20. The van der Waals surface area contributed by atoms with Gasteiger partial charge in [0, 0.05) is 5.54 Å². The van der Waals surface area contributed by atoms with Crippen LogP contribution >= 0.6 is 0 Å². The summed E-state index contributed by atoms with van der Waals surface area (Å²) in [6.07, 6.45) is 0. The van der Waals surface area contributed by atoms with Gasteiger partial charge in [-0.15, -0.1) is 0 Å². The minimum absolute atomic E-state index is 0.231. The smallest absolute Gasteiger partial charge is 0.321 e. The average Bonchev–Trinajstić information content (AvgIpc) is 2.10. The Balaban J connectivity index is 3.95. The molecule has 4 N–H and O–H groups in total. The molecule has 0 heterocycles.